The average molecular weight is 901 g/mol. The van der Waals surface area contributed by atoms with E-state index in [2.05, 4.69) is 203 Å². The summed E-state index contributed by atoms with van der Waals surface area (Å²) in [6.45, 7) is 15.6. The summed E-state index contributed by atoms with van der Waals surface area (Å²) >= 11 is 3.64. The third-order valence-corrected chi connectivity index (χ3v) is 17.1. The van der Waals surface area contributed by atoms with Crippen molar-refractivity contribution < 1.29 is 8.83 Å². The van der Waals surface area contributed by atoms with Gasteiger partial charge < -0.3 is 18.6 Å². The monoisotopic (exact) mass is 900 g/mol. The first-order valence-electron chi connectivity index (χ1n) is 23.0. The summed E-state index contributed by atoms with van der Waals surface area (Å²) in [5.74, 6) is 0. The van der Waals surface area contributed by atoms with Crippen LogP contribution >= 0.6 is 22.7 Å². The fourth-order valence-electron chi connectivity index (χ4n) is 11.6. The molecule has 67 heavy (non-hydrogen) atoms. The van der Waals surface area contributed by atoms with Gasteiger partial charge in [0.2, 0.25) is 0 Å². The molecule has 2 aliphatic rings. The summed E-state index contributed by atoms with van der Waals surface area (Å²) in [5, 5.41) is 12.8. The Morgan fingerprint density at radius 1 is 0.493 bits per heavy atom. The van der Waals surface area contributed by atoms with Crippen LogP contribution in [0.5, 0.6) is 0 Å². The molecule has 0 amide bonds. The second kappa shape index (κ2) is 13.6. The van der Waals surface area contributed by atoms with Gasteiger partial charge in [-0.05, 0) is 135 Å². The Labute approximate surface area is 395 Å². The highest BCUT2D eigenvalue weighted by Gasteiger charge is 2.42. The molecule has 322 valence electrons. The largest absolute Gasteiger partial charge is 0.456 e. The number of benzene rings is 8. The SMILES string of the molecule is C=C/C=C\c1sc(N2c3cc4ccccc4cc3C(C)(C)c3c2ccc2c3oc3cc4c(cc32)oc2c3c(ccc24)N(c2cc4ccccc4s2)c2cc4ccccc4cc2C3(C)C)cc1C. The Morgan fingerprint density at radius 3 is 1.48 bits per heavy atom. The van der Waals surface area contributed by atoms with Crippen LogP contribution in [0.1, 0.15) is 60.4 Å². The van der Waals surface area contributed by atoms with Crippen molar-refractivity contribution in [2.45, 2.75) is 45.4 Å². The number of nitrogens with zero attached hydrogens (tertiary/aromatic N) is 2. The van der Waals surface area contributed by atoms with Gasteiger partial charge in [-0.2, -0.15) is 0 Å². The number of anilines is 6. The molecule has 12 aromatic rings. The molecule has 6 heteroatoms. The fourth-order valence-corrected chi connectivity index (χ4v) is 13.8. The molecule has 0 atom stereocenters. The maximum Gasteiger partial charge on any atom is 0.141 e. The lowest BCUT2D eigenvalue weighted by Crippen LogP contribution is -2.30. The van der Waals surface area contributed by atoms with Crippen molar-refractivity contribution in [3.63, 3.8) is 0 Å². The first-order valence-corrected chi connectivity index (χ1v) is 24.6. The predicted octanol–water partition coefficient (Wildman–Crippen LogP) is 18.8. The molecule has 0 N–H and O–H groups in total. The molecule has 0 fully saturated rings. The standard InChI is InChI=1S/C61H44N2O2S2/c1-7-8-20-52-34(2)26-54(66-52)62-46-24-22-40-42-32-51-43(33-50(42)64-58(40)56(46)60(3,4)44-27-35-15-9-11-17-37(35)29-48(44)62)41-23-25-47-57(59(41)65-51)61(5,6)45-28-36-16-10-12-18-38(36)30-49(45)63(47)55-31-39-19-13-14-21-53(39)67-55/h7-33H,1H2,2-6H3/b20-8-. The van der Waals surface area contributed by atoms with E-state index in [0.717, 1.165) is 55.3 Å². The molecule has 2 aliphatic heterocycles. The van der Waals surface area contributed by atoms with Gasteiger partial charge in [0, 0.05) is 53.1 Å². The lowest BCUT2D eigenvalue weighted by Gasteiger charge is -2.41. The molecule has 0 radical (unpaired) electrons. The minimum Gasteiger partial charge on any atom is -0.456 e. The smallest absolute Gasteiger partial charge is 0.141 e. The molecule has 0 saturated heterocycles. The summed E-state index contributed by atoms with van der Waals surface area (Å²) < 4.78 is 15.7. The molecule has 14 rings (SSSR count). The van der Waals surface area contributed by atoms with Gasteiger partial charge in [-0.15, -0.1) is 22.7 Å². The number of furan rings is 2. The van der Waals surface area contributed by atoms with Crippen molar-refractivity contribution >= 4 is 137 Å². The number of hydrogen-bond acceptors (Lipinski definition) is 6. The second-order valence-corrected chi connectivity index (χ2v) is 21.5. The summed E-state index contributed by atoms with van der Waals surface area (Å²) in [6, 6.07) is 53.9. The van der Waals surface area contributed by atoms with E-state index < -0.39 is 0 Å². The highest BCUT2D eigenvalue weighted by Crippen LogP contribution is 2.59. The number of allylic oxidation sites excluding steroid dienone is 2. The number of hydrogen-bond donors (Lipinski definition) is 0. The van der Waals surface area contributed by atoms with E-state index >= 15 is 0 Å². The van der Waals surface area contributed by atoms with Crippen LogP contribution in [0.4, 0.5) is 32.8 Å². The van der Waals surface area contributed by atoms with Gasteiger partial charge in [0.25, 0.3) is 0 Å². The second-order valence-electron chi connectivity index (χ2n) is 19.4. The van der Waals surface area contributed by atoms with Gasteiger partial charge in [-0.25, -0.2) is 0 Å². The van der Waals surface area contributed by atoms with Crippen LogP contribution in [-0.2, 0) is 10.8 Å². The number of rotatable bonds is 4. The van der Waals surface area contributed by atoms with Gasteiger partial charge in [0.1, 0.15) is 32.3 Å². The van der Waals surface area contributed by atoms with Crippen molar-refractivity contribution in [1.82, 2.24) is 0 Å². The Morgan fingerprint density at radius 2 is 0.970 bits per heavy atom. The zero-order valence-electron chi connectivity index (χ0n) is 37.8. The molecule has 4 nitrogen and oxygen atoms in total. The Bertz CT molecular complexity index is 4140. The van der Waals surface area contributed by atoms with Crippen LogP contribution in [-0.4, -0.2) is 0 Å². The van der Waals surface area contributed by atoms with E-state index in [1.54, 1.807) is 11.3 Å². The van der Waals surface area contributed by atoms with Crippen LogP contribution in [0.25, 0.3) is 81.6 Å². The molecular formula is C61H44N2O2S2. The van der Waals surface area contributed by atoms with E-state index in [1.165, 1.54) is 85.7 Å². The van der Waals surface area contributed by atoms with E-state index in [0.29, 0.717) is 0 Å². The molecule has 0 unspecified atom stereocenters. The highest BCUT2D eigenvalue weighted by molar-refractivity contribution is 7.23. The van der Waals surface area contributed by atoms with Crippen LogP contribution in [0.15, 0.2) is 173 Å². The summed E-state index contributed by atoms with van der Waals surface area (Å²) in [5.41, 5.74) is 13.7. The summed E-state index contributed by atoms with van der Waals surface area (Å²) in [6.07, 6.45) is 6.02. The normalized spacial score (nSPS) is 15.1. The van der Waals surface area contributed by atoms with Crippen LogP contribution in [0, 0.1) is 6.92 Å². The van der Waals surface area contributed by atoms with Crippen LogP contribution in [0.2, 0.25) is 0 Å². The fraction of sp³-hybridized carbons (Fsp3) is 0.115. The van der Waals surface area contributed by atoms with Gasteiger partial charge in [0.15, 0.2) is 0 Å². The van der Waals surface area contributed by atoms with Gasteiger partial charge in [-0.1, -0.05) is 113 Å². The van der Waals surface area contributed by atoms with Crippen molar-refractivity contribution in [3.8, 4) is 0 Å². The number of aryl methyl sites for hydroxylation is 1. The molecule has 6 heterocycles. The topological polar surface area (TPSA) is 32.8 Å². The average Bonchev–Trinajstić information content (AvgIpc) is 4.11. The first-order chi connectivity index (χ1) is 32.6. The van der Waals surface area contributed by atoms with Gasteiger partial charge >= 0.3 is 0 Å². The molecular weight excluding hydrogens is 857 g/mol. The van der Waals surface area contributed by atoms with E-state index in [9.17, 15) is 0 Å². The van der Waals surface area contributed by atoms with Crippen LogP contribution in [0.3, 0.4) is 0 Å². The Hall–Kier alpha value is -7.38. The first kappa shape index (κ1) is 38.8. The zero-order valence-corrected chi connectivity index (χ0v) is 39.5. The molecule has 0 saturated carbocycles. The number of fused-ring (bicyclic) bond motifs is 15. The van der Waals surface area contributed by atoms with Gasteiger partial charge in [0.05, 0.1) is 22.7 Å². The Balaban J connectivity index is 0.989. The zero-order chi connectivity index (χ0) is 45.1. The third kappa shape index (κ3) is 5.34. The maximum atomic E-state index is 7.23. The maximum absolute atomic E-state index is 7.23. The molecule has 8 aromatic carbocycles. The summed E-state index contributed by atoms with van der Waals surface area (Å²) in [4.78, 5) is 6.16. The lowest BCUT2D eigenvalue weighted by atomic mass is 9.72. The van der Waals surface area contributed by atoms with Crippen molar-refractivity contribution in [1.29, 1.82) is 0 Å². The third-order valence-electron chi connectivity index (χ3n) is 14.8. The lowest BCUT2D eigenvalue weighted by molar-refractivity contribution is 0.601. The Kier molecular flexibility index (Phi) is 7.89. The van der Waals surface area contributed by atoms with Gasteiger partial charge in [-0.3, -0.25) is 0 Å². The molecule has 0 bridgehead atoms. The van der Waals surface area contributed by atoms with Crippen molar-refractivity contribution in [2.75, 3.05) is 9.80 Å². The highest BCUT2D eigenvalue weighted by atomic mass is 32.1. The predicted molar refractivity (Wildman–Crippen MR) is 287 cm³/mol. The molecule has 4 aromatic heterocycles. The van der Waals surface area contributed by atoms with Crippen molar-refractivity contribution in [3.05, 3.63) is 197 Å². The van der Waals surface area contributed by atoms with E-state index in [1.807, 2.05) is 23.5 Å². The quantitative estimate of drug-likeness (QED) is 0.165. The minimum atomic E-state index is -0.380. The van der Waals surface area contributed by atoms with Crippen molar-refractivity contribution in [2.24, 2.45) is 0 Å². The summed E-state index contributed by atoms with van der Waals surface area (Å²) in [7, 11) is 0. The molecule has 0 spiro atoms. The molecule has 0 aliphatic carbocycles. The van der Waals surface area contributed by atoms with Crippen LogP contribution < -0.4 is 9.80 Å². The van der Waals surface area contributed by atoms with E-state index in [4.69, 9.17) is 8.83 Å². The van der Waals surface area contributed by atoms with E-state index in [-0.39, 0.29) is 10.8 Å². The minimum absolute atomic E-state index is 0.372. The number of thiophene rings is 2.